The number of thioether (sulfide) groups is 1. The number of carbonyl (C=O) groups excluding carboxylic acids is 1. The zero-order valence-electron chi connectivity index (χ0n) is 16.2. The summed E-state index contributed by atoms with van der Waals surface area (Å²) >= 11 is 3.22. The highest BCUT2D eigenvalue weighted by atomic mass is 32.2. The highest BCUT2D eigenvalue weighted by Crippen LogP contribution is 2.32. The van der Waals surface area contributed by atoms with Crippen LogP contribution in [-0.2, 0) is 11.2 Å². The number of benzene rings is 2. The number of thiazole rings is 1. The molecule has 4 nitrogen and oxygen atoms in total. The number of hydrogen-bond acceptors (Lipinski definition) is 5. The number of hydrogen-bond donors (Lipinski definition) is 0. The lowest BCUT2D eigenvalue weighted by Gasteiger charge is -2.23. The first-order chi connectivity index (χ1) is 13.7. The minimum absolute atomic E-state index is 0.0128. The second-order valence-electron chi connectivity index (χ2n) is 6.93. The fourth-order valence-electron chi connectivity index (χ4n) is 3.44. The molecule has 1 atom stereocenters. The zero-order valence-corrected chi connectivity index (χ0v) is 17.8. The van der Waals surface area contributed by atoms with Gasteiger partial charge in [-0.1, -0.05) is 30.4 Å². The average Bonchev–Trinajstić information content (AvgIpc) is 3.40. The second-order valence-corrected chi connectivity index (χ2v) is 8.82. The van der Waals surface area contributed by atoms with Gasteiger partial charge >= 0.3 is 0 Å². The van der Waals surface area contributed by atoms with Crippen LogP contribution < -0.4 is 4.90 Å². The van der Waals surface area contributed by atoms with Crippen LogP contribution in [0.25, 0.3) is 10.2 Å². The van der Waals surface area contributed by atoms with E-state index in [1.165, 1.54) is 5.56 Å². The van der Waals surface area contributed by atoms with Gasteiger partial charge in [-0.3, -0.25) is 9.69 Å². The van der Waals surface area contributed by atoms with E-state index in [9.17, 15) is 4.79 Å². The molecule has 0 saturated carbocycles. The Morgan fingerprint density at radius 3 is 2.96 bits per heavy atom. The number of aryl methyl sites for hydroxylation is 1. The summed E-state index contributed by atoms with van der Waals surface area (Å²) in [6.45, 7) is 3.46. The van der Waals surface area contributed by atoms with Crippen molar-refractivity contribution in [3.05, 3.63) is 53.6 Å². The Labute approximate surface area is 173 Å². The molecule has 0 N–H and O–H groups in total. The SMILES string of the molecule is CCc1ccc2nc(N(CC3CCCO3)C(=O)c3cccc(SC)c3)sc2c1. The van der Waals surface area contributed by atoms with Crippen molar-refractivity contribution in [3.8, 4) is 0 Å². The van der Waals surface area contributed by atoms with E-state index in [1.807, 2.05) is 35.4 Å². The van der Waals surface area contributed by atoms with Gasteiger partial charge in [-0.25, -0.2) is 4.98 Å². The molecular weight excluding hydrogens is 388 g/mol. The van der Waals surface area contributed by atoms with Gasteiger partial charge < -0.3 is 4.74 Å². The molecule has 3 aromatic rings. The van der Waals surface area contributed by atoms with E-state index in [2.05, 4.69) is 25.1 Å². The van der Waals surface area contributed by atoms with E-state index in [-0.39, 0.29) is 12.0 Å². The third kappa shape index (κ3) is 4.09. The van der Waals surface area contributed by atoms with Crippen molar-refractivity contribution in [1.82, 2.24) is 4.98 Å². The molecule has 146 valence electrons. The third-order valence-corrected chi connectivity index (χ3v) is 6.82. The summed E-state index contributed by atoms with van der Waals surface area (Å²) in [6, 6.07) is 14.1. The lowest BCUT2D eigenvalue weighted by Crippen LogP contribution is -2.37. The standard InChI is InChI=1S/C22H24N2O2S2/c1-3-15-9-10-19-20(12-15)28-22(23-19)24(14-17-7-5-11-26-17)21(25)16-6-4-8-18(13-16)27-2/h4,6,8-10,12-13,17H,3,5,7,11,14H2,1-2H3. The van der Waals surface area contributed by atoms with Gasteiger partial charge in [0.15, 0.2) is 5.13 Å². The topological polar surface area (TPSA) is 42.4 Å². The number of fused-ring (bicyclic) bond motifs is 1. The number of carbonyl (C=O) groups is 1. The van der Waals surface area contributed by atoms with Crippen LogP contribution in [0.2, 0.25) is 0 Å². The number of ether oxygens (including phenoxy) is 1. The van der Waals surface area contributed by atoms with E-state index >= 15 is 0 Å². The van der Waals surface area contributed by atoms with Crippen molar-refractivity contribution in [2.24, 2.45) is 0 Å². The molecule has 0 bridgehead atoms. The maximum Gasteiger partial charge on any atom is 0.260 e. The molecular formula is C22H24N2O2S2. The van der Waals surface area contributed by atoms with Crippen LogP contribution in [0.4, 0.5) is 5.13 Å². The monoisotopic (exact) mass is 412 g/mol. The van der Waals surface area contributed by atoms with E-state index < -0.39 is 0 Å². The minimum Gasteiger partial charge on any atom is -0.376 e. The van der Waals surface area contributed by atoms with Gasteiger partial charge in [0.1, 0.15) is 0 Å². The Balaban J connectivity index is 1.71. The number of rotatable bonds is 6. The Morgan fingerprint density at radius 1 is 1.32 bits per heavy atom. The van der Waals surface area contributed by atoms with Crippen LogP contribution in [-0.4, -0.2) is 36.4 Å². The maximum absolute atomic E-state index is 13.4. The Morgan fingerprint density at radius 2 is 2.21 bits per heavy atom. The average molecular weight is 413 g/mol. The molecule has 1 saturated heterocycles. The van der Waals surface area contributed by atoms with Gasteiger partial charge in [-0.15, -0.1) is 11.8 Å². The van der Waals surface area contributed by atoms with E-state index in [0.29, 0.717) is 12.1 Å². The Bertz CT molecular complexity index is 980. The van der Waals surface area contributed by atoms with Crippen molar-refractivity contribution < 1.29 is 9.53 Å². The highest BCUT2D eigenvalue weighted by molar-refractivity contribution is 7.98. The molecule has 1 aliphatic rings. The maximum atomic E-state index is 13.4. The molecule has 1 aliphatic heterocycles. The van der Waals surface area contributed by atoms with Gasteiger partial charge in [0.05, 0.1) is 22.9 Å². The summed E-state index contributed by atoms with van der Waals surface area (Å²) in [5.41, 5.74) is 2.92. The van der Waals surface area contributed by atoms with Gasteiger partial charge in [0, 0.05) is 17.1 Å². The van der Waals surface area contributed by atoms with Crippen molar-refractivity contribution in [1.29, 1.82) is 0 Å². The van der Waals surface area contributed by atoms with E-state index in [1.54, 1.807) is 23.1 Å². The van der Waals surface area contributed by atoms with Crippen LogP contribution in [0.3, 0.4) is 0 Å². The second kappa shape index (κ2) is 8.64. The summed E-state index contributed by atoms with van der Waals surface area (Å²) < 4.78 is 6.95. The number of aromatic nitrogens is 1. The number of amides is 1. The van der Waals surface area contributed by atoms with Gasteiger partial charge in [-0.05, 0) is 61.4 Å². The normalized spacial score (nSPS) is 16.6. The van der Waals surface area contributed by atoms with Crippen LogP contribution in [0, 0.1) is 0 Å². The quantitative estimate of drug-likeness (QED) is 0.508. The molecule has 0 spiro atoms. The van der Waals surface area contributed by atoms with Gasteiger partial charge in [0.25, 0.3) is 5.91 Å². The fourth-order valence-corrected chi connectivity index (χ4v) is 4.94. The molecule has 1 fully saturated rings. The first-order valence-corrected chi connectivity index (χ1v) is 11.7. The van der Waals surface area contributed by atoms with Crippen molar-refractivity contribution >= 4 is 44.4 Å². The minimum atomic E-state index is -0.0128. The summed E-state index contributed by atoms with van der Waals surface area (Å²) in [6.07, 6.45) is 5.12. The molecule has 6 heteroatoms. The summed E-state index contributed by atoms with van der Waals surface area (Å²) in [5.74, 6) is -0.0128. The molecule has 2 heterocycles. The third-order valence-electron chi connectivity index (χ3n) is 5.05. The Kier molecular flexibility index (Phi) is 5.99. The largest absolute Gasteiger partial charge is 0.376 e. The summed E-state index contributed by atoms with van der Waals surface area (Å²) in [7, 11) is 0. The molecule has 28 heavy (non-hydrogen) atoms. The number of anilines is 1. The lowest BCUT2D eigenvalue weighted by molar-refractivity contribution is 0.0917. The molecule has 1 aromatic heterocycles. The predicted octanol–water partition coefficient (Wildman–Crippen LogP) is 5.41. The van der Waals surface area contributed by atoms with Crippen LogP contribution >= 0.6 is 23.1 Å². The summed E-state index contributed by atoms with van der Waals surface area (Å²) in [5, 5.41) is 0.748. The van der Waals surface area contributed by atoms with Gasteiger partial charge in [0.2, 0.25) is 0 Å². The first kappa shape index (κ1) is 19.4. The van der Waals surface area contributed by atoms with Crippen molar-refractivity contribution in [2.45, 2.75) is 37.2 Å². The molecule has 1 unspecified atom stereocenters. The number of nitrogens with zero attached hydrogens (tertiary/aromatic N) is 2. The highest BCUT2D eigenvalue weighted by Gasteiger charge is 2.27. The smallest absolute Gasteiger partial charge is 0.260 e. The van der Waals surface area contributed by atoms with Crippen molar-refractivity contribution in [3.63, 3.8) is 0 Å². The van der Waals surface area contributed by atoms with Crippen LogP contribution in [0.1, 0.15) is 35.7 Å². The molecule has 2 aromatic carbocycles. The predicted molar refractivity (Wildman–Crippen MR) is 118 cm³/mol. The van der Waals surface area contributed by atoms with Gasteiger partial charge in [-0.2, -0.15) is 0 Å². The summed E-state index contributed by atoms with van der Waals surface area (Å²) in [4.78, 5) is 21.1. The first-order valence-electron chi connectivity index (χ1n) is 9.65. The lowest BCUT2D eigenvalue weighted by atomic mass is 10.1. The molecule has 0 aliphatic carbocycles. The molecule has 0 radical (unpaired) electrons. The Hall–Kier alpha value is -1.89. The fraction of sp³-hybridized carbons (Fsp3) is 0.364. The molecule has 4 rings (SSSR count). The van der Waals surface area contributed by atoms with E-state index in [4.69, 9.17) is 9.72 Å². The zero-order chi connectivity index (χ0) is 19.5. The van der Waals surface area contributed by atoms with Crippen LogP contribution in [0.15, 0.2) is 47.4 Å². The van der Waals surface area contributed by atoms with E-state index in [0.717, 1.165) is 46.1 Å². The van der Waals surface area contributed by atoms with Crippen molar-refractivity contribution in [2.75, 3.05) is 24.3 Å². The molecule has 1 amide bonds. The van der Waals surface area contributed by atoms with Crippen LogP contribution in [0.5, 0.6) is 0 Å².